The Balaban J connectivity index is 2.99. The van der Waals surface area contributed by atoms with E-state index in [-0.39, 0.29) is 5.75 Å². The van der Waals surface area contributed by atoms with Crippen LogP contribution in [0, 0.1) is 0 Å². The van der Waals surface area contributed by atoms with Gasteiger partial charge in [-0.05, 0) is 23.6 Å². The van der Waals surface area contributed by atoms with Crippen LogP contribution in [0.4, 0.5) is 0 Å². The average molecular weight is 137 g/mol. The molecule has 0 amide bonds. The van der Waals surface area contributed by atoms with Gasteiger partial charge >= 0.3 is 0 Å². The standard InChI is InChI=1S/C9H12O/c1-7(2)8-3-5-9(10)6-4-8/h3-7,10H,1-2H3/i7D. The molecule has 0 aliphatic heterocycles. The van der Waals surface area contributed by atoms with Gasteiger partial charge in [-0.2, -0.15) is 0 Å². The van der Waals surface area contributed by atoms with E-state index >= 15 is 0 Å². The van der Waals surface area contributed by atoms with Gasteiger partial charge in [0, 0.05) is 1.37 Å². The summed E-state index contributed by atoms with van der Waals surface area (Å²) in [6.07, 6.45) is 0. The summed E-state index contributed by atoms with van der Waals surface area (Å²) in [7, 11) is 0. The Morgan fingerprint density at radius 2 is 1.80 bits per heavy atom. The van der Waals surface area contributed by atoms with Gasteiger partial charge in [-0.3, -0.25) is 0 Å². The van der Waals surface area contributed by atoms with Crippen molar-refractivity contribution in [3.8, 4) is 5.75 Å². The molecule has 1 heteroatoms. The number of hydrogen-bond acceptors (Lipinski definition) is 1. The predicted octanol–water partition coefficient (Wildman–Crippen LogP) is 2.52. The van der Waals surface area contributed by atoms with Crippen molar-refractivity contribution < 1.29 is 6.48 Å². The van der Waals surface area contributed by atoms with Crippen molar-refractivity contribution in [2.45, 2.75) is 19.7 Å². The quantitative estimate of drug-likeness (QED) is 0.630. The fourth-order valence-electron chi connectivity index (χ4n) is 0.795. The lowest BCUT2D eigenvalue weighted by molar-refractivity contribution is 0.475. The molecular formula is C9H12O. The number of rotatable bonds is 1. The zero-order chi connectivity index (χ0) is 8.48. The maximum atomic E-state index is 8.96. The monoisotopic (exact) mass is 137 g/mol. The highest BCUT2D eigenvalue weighted by Crippen LogP contribution is 2.16. The molecule has 54 valence electrons. The Labute approximate surface area is 62.7 Å². The third-order valence-corrected chi connectivity index (χ3v) is 1.44. The molecule has 0 atom stereocenters. The van der Waals surface area contributed by atoms with Crippen LogP contribution in [0.5, 0.6) is 5.75 Å². The summed E-state index contributed by atoms with van der Waals surface area (Å²) in [6, 6.07) is 6.74. The number of aromatic hydroxyl groups is 1. The highest BCUT2D eigenvalue weighted by Gasteiger charge is 1.96. The lowest BCUT2D eigenvalue weighted by Gasteiger charge is -2.03. The summed E-state index contributed by atoms with van der Waals surface area (Å²) in [5.74, 6) is -0.328. The van der Waals surface area contributed by atoms with Crippen LogP contribution in [0.3, 0.4) is 0 Å². The molecule has 1 rings (SSSR count). The summed E-state index contributed by atoms with van der Waals surface area (Å²) in [5, 5.41) is 8.96. The number of phenolic OH excluding ortho intramolecular Hbond substituents is 1. The van der Waals surface area contributed by atoms with Crippen molar-refractivity contribution in [2.24, 2.45) is 0 Å². The molecular weight excluding hydrogens is 124 g/mol. The average Bonchev–Trinajstić information content (AvgIpc) is 1.86. The van der Waals surface area contributed by atoms with Crippen LogP contribution in [0.2, 0.25) is 0 Å². The largest absolute Gasteiger partial charge is 0.508 e. The Bertz CT molecular complexity index is 233. The molecule has 0 unspecified atom stereocenters. The molecule has 0 saturated carbocycles. The Kier molecular flexibility index (Phi) is 1.58. The summed E-state index contributed by atoms with van der Waals surface area (Å²) >= 11 is 0. The molecule has 1 nitrogen and oxygen atoms in total. The molecule has 10 heavy (non-hydrogen) atoms. The second-order valence-electron chi connectivity index (χ2n) is 2.55. The maximum Gasteiger partial charge on any atom is 0.115 e. The van der Waals surface area contributed by atoms with Crippen LogP contribution in [0.25, 0.3) is 0 Å². The minimum Gasteiger partial charge on any atom is -0.508 e. The van der Waals surface area contributed by atoms with E-state index in [1.54, 1.807) is 24.3 Å². The van der Waals surface area contributed by atoms with Crippen molar-refractivity contribution in [3.05, 3.63) is 29.8 Å². The van der Waals surface area contributed by atoms with Crippen molar-refractivity contribution >= 4 is 0 Å². The van der Waals surface area contributed by atoms with E-state index in [0.717, 1.165) is 5.56 Å². The van der Waals surface area contributed by atoms with Gasteiger partial charge in [0.1, 0.15) is 5.75 Å². The zero-order valence-electron chi connectivity index (χ0n) is 7.26. The first-order chi connectivity index (χ1) is 5.00. The zero-order valence-corrected chi connectivity index (χ0v) is 6.26. The number of phenols is 1. The van der Waals surface area contributed by atoms with Crippen LogP contribution < -0.4 is 0 Å². The van der Waals surface area contributed by atoms with Gasteiger partial charge in [-0.1, -0.05) is 26.0 Å². The SMILES string of the molecule is [2H]C(C)(C)c1ccc(O)cc1. The highest BCUT2D eigenvalue weighted by atomic mass is 16.3. The van der Waals surface area contributed by atoms with E-state index < -0.39 is 5.89 Å². The molecule has 0 heterocycles. The Morgan fingerprint density at radius 1 is 1.30 bits per heavy atom. The van der Waals surface area contributed by atoms with E-state index in [0.29, 0.717) is 0 Å². The molecule has 0 aromatic heterocycles. The number of hydrogen-bond donors (Lipinski definition) is 1. The van der Waals surface area contributed by atoms with Crippen LogP contribution in [0.15, 0.2) is 24.3 Å². The van der Waals surface area contributed by atoms with Crippen molar-refractivity contribution in [2.75, 3.05) is 0 Å². The topological polar surface area (TPSA) is 20.2 Å². The molecule has 1 aromatic rings. The normalized spacial score (nSPS) is 12.8. The van der Waals surface area contributed by atoms with Gasteiger partial charge in [-0.25, -0.2) is 0 Å². The van der Waals surface area contributed by atoms with Crippen LogP contribution in [0.1, 0.15) is 26.7 Å². The lowest BCUT2D eigenvalue weighted by atomic mass is 10.0. The summed E-state index contributed by atoms with van der Waals surface area (Å²) < 4.78 is 7.66. The second kappa shape index (κ2) is 2.74. The minimum atomic E-state index is -0.576. The van der Waals surface area contributed by atoms with Gasteiger partial charge in [0.25, 0.3) is 0 Å². The van der Waals surface area contributed by atoms with Crippen LogP contribution >= 0.6 is 0 Å². The van der Waals surface area contributed by atoms with Crippen molar-refractivity contribution in [3.63, 3.8) is 0 Å². The highest BCUT2D eigenvalue weighted by molar-refractivity contribution is 5.27. The molecule has 0 aliphatic carbocycles. The third-order valence-electron chi connectivity index (χ3n) is 1.44. The smallest absolute Gasteiger partial charge is 0.115 e. The van der Waals surface area contributed by atoms with E-state index in [4.69, 9.17) is 6.48 Å². The number of benzene rings is 1. The Morgan fingerprint density at radius 3 is 2.20 bits per heavy atom. The molecule has 1 N–H and O–H groups in total. The second-order valence-corrected chi connectivity index (χ2v) is 2.55. The first-order valence-corrected chi connectivity index (χ1v) is 3.29. The fraction of sp³-hybridized carbons (Fsp3) is 0.333. The summed E-state index contributed by atoms with van der Waals surface area (Å²) in [4.78, 5) is 0. The lowest BCUT2D eigenvalue weighted by Crippen LogP contribution is -1.84. The fourth-order valence-corrected chi connectivity index (χ4v) is 0.795. The molecule has 0 saturated heterocycles. The van der Waals surface area contributed by atoms with E-state index in [1.165, 1.54) is 0 Å². The third kappa shape index (κ3) is 1.50. The summed E-state index contributed by atoms with van der Waals surface area (Å²) in [5.41, 5.74) is 0.912. The molecule has 0 fully saturated rings. The molecule has 0 bridgehead atoms. The van der Waals surface area contributed by atoms with E-state index in [1.807, 2.05) is 13.8 Å². The molecule has 1 aromatic carbocycles. The van der Waals surface area contributed by atoms with Gasteiger partial charge in [0.15, 0.2) is 0 Å². The maximum absolute atomic E-state index is 8.96. The first-order valence-electron chi connectivity index (χ1n) is 3.79. The molecule has 0 spiro atoms. The summed E-state index contributed by atoms with van der Waals surface area (Å²) in [6.45, 7) is 3.64. The van der Waals surface area contributed by atoms with E-state index in [9.17, 15) is 0 Å². The van der Waals surface area contributed by atoms with Crippen LogP contribution in [-0.2, 0) is 0 Å². The molecule has 0 radical (unpaired) electrons. The van der Waals surface area contributed by atoms with Crippen molar-refractivity contribution in [1.82, 2.24) is 0 Å². The predicted molar refractivity (Wildman–Crippen MR) is 42.2 cm³/mol. The van der Waals surface area contributed by atoms with Gasteiger partial charge < -0.3 is 5.11 Å². The first kappa shape index (κ1) is 5.78. The van der Waals surface area contributed by atoms with Gasteiger partial charge in [-0.15, -0.1) is 0 Å². The van der Waals surface area contributed by atoms with Crippen molar-refractivity contribution in [1.29, 1.82) is 0 Å². The van der Waals surface area contributed by atoms with Crippen LogP contribution in [-0.4, -0.2) is 5.11 Å². The Hall–Kier alpha value is -0.980. The van der Waals surface area contributed by atoms with E-state index in [2.05, 4.69) is 0 Å². The minimum absolute atomic E-state index is 0.248. The van der Waals surface area contributed by atoms with Gasteiger partial charge in [0.2, 0.25) is 0 Å². The van der Waals surface area contributed by atoms with Gasteiger partial charge in [0.05, 0.1) is 0 Å². The molecule has 0 aliphatic rings.